The Morgan fingerprint density at radius 3 is 2.86 bits per heavy atom. The first-order chi connectivity index (χ1) is 3.39. The van der Waals surface area contributed by atoms with Crippen molar-refractivity contribution in [2.24, 2.45) is 4.99 Å². The fourth-order valence-corrected chi connectivity index (χ4v) is 0.409. The Kier molecular flexibility index (Phi) is 1.19. The van der Waals surface area contributed by atoms with Gasteiger partial charge < -0.3 is 10.3 Å². The highest BCUT2D eigenvalue weighted by molar-refractivity contribution is 5.45. The van der Waals surface area contributed by atoms with Gasteiger partial charge in [0.25, 0.3) is 0 Å². The molecule has 0 saturated heterocycles. The minimum atomic E-state index is 0.0856. The predicted octanol–water partition coefficient (Wildman–Crippen LogP) is -1.08. The molecule has 0 amide bonds. The lowest BCUT2D eigenvalue weighted by atomic mass is 10.6. The van der Waals surface area contributed by atoms with Crippen molar-refractivity contribution in [3.63, 3.8) is 0 Å². The van der Waals surface area contributed by atoms with Gasteiger partial charge in [-0.2, -0.15) is 0 Å². The van der Waals surface area contributed by atoms with Gasteiger partial charge in [-0.15, -0.1) is 0 Å². The third kappa shape index (κ3) is 1.10. The Morgan fingerprint density at radius 1 is 1.71 bits per heavy atom. The van der Waals surface area contributed by atoms with Crippen LogP contribution in [-0.2, 0) is 0 Å². The maximum absolute atomic E-state index is 10.3. The summed E-state index contributed by atoms with van der Waals surface area (Å²) in [5.74, 6) is 0. The second-order valence-electron chi connectivity index (χ2n) is 1.33. The summed E-state index contributed by atoms with van der Waals surface area (Å²) in [5.41, 5.74) is 0. The normalized spacial score (nSPS) is 28.4. The number of hydrogen-bond donors (Lipinski definition) is 1. The standard InChI is InChI=1S/C4H6N2O/c7-6-3-1-2-5-4-6/h1-2,4,6H,3H2. The Labute approximate surface area is 41.5 Å². The van der Waals surface area contributed by atoms with Crippen molar-refractivity contribution in [2.45, 2.75) is 0 Å². The van der Waals surface area contributed by atoms with Gasteiger partial charge in [-0.05, 0) is 6.08 Å². The van der Waals surface area contributed by atoms with Crippen LogP contribution in [-0.4, -0.2) is 12.9 Å². The van der Waals surface area contributed by atoms with E-state index >= 15 is 0 Å². The maximum Gasteiger partial charge on any atom is 0.188 e. The van der Waals surface area contributed by atoms with Crippen LogP contribution < -0.4 is 5.06 Å². The number of hydroxylamine groups is 2. The molecule has 38 valence electrons. The first kappa shape index (κ1) is 4.49. The molecule has 0 fully saturated rings. The highest BCUT2D eigenvalue weighted by Crippen LogP contribution is 1.70. The third-order valence-electron chi connectivity index (χ3n) is 0.729. The first-order valence-corrected chi connectivity index (χ1v) is 2.10. The smallest absolute Gasteiger partial charge is 0.188 e. The number of aliphatic imine (C=N–C) groups is 1. The minimum absolute atomic E-state index is 0.0856. The summed E-state index contributed by atoms with van der Waals surface area (Å²) in [4.78, 5) is 3.60. The Morgan fingerprint density at radius 2 is 2.57 bits per heavy atom. The van der Waals surface area contributed by atoms with Crippen molar-refractivity contribution in [1.29, 1.82) is 0 Å². The molecule has 1 heterocycles. The molecule has 1 N–H and O–H groups in total. The molecule has 0 aromatic heterocycles. The molecule has 0 bridgehead atoms. The van der Waals surface area contributed by atoms with Crippen LogP contribution in [0.2, 0.25) is 0 Å². The largest absolute Gasteiger partial charge is 0.628 e. The van der Waals surface area contributed by atoms with Gasteiger partial charge in [0.05, 0.1) is 0 Å². The van der Waals surface area contributed by atoms with E-state index in [4.69, 9.17) is 0 Å². The molecule has 1 aliphatic rings. The second-order valence-corrected chi connectivity index (χ2v) is 1.33. The van der Waals surface area contributed by atoms with Crippen LogP contribution in [0.3, 0.4) is 0 Å². The van der Waals surface area contributed by atoms with E-state index in [0.717, 1.165) is 0 Å². The summed E-state index contributed by atoms with van der Waals surface area (Å²) in [6.45, 7) is 0.517. The lowest BCUT2D eigenvalue weighted by Gasteiger charge is -2.14. The van der Waals surface area contributed by atoms with Crippen LogP contribution >= 0.6 is 0 Å². The van der Waals surface area contributed by atoms with E-state index in [9.17, 15) is 5.21 Å². The van der Waals surface area contributed by atoms with Crippen LogP contribution in [0.25, 0.3) is 0 Å². The van der Waals surface area contributed by atoms with Crippen molar-refractivity contribution < 1.29 is 5.06 Å². The molecule has 1 aliphatic heterocycles. The van der Waals surface area contributed by atoms with Gasteiger partial charge in [0.2, 0.25) is 0 Å². The zero-order valence-corrected chi connectivity index (χ0v) is 3.79. The van der Waals surface area contributed by atoms with E-state index in [2.05, 4.69) is 4.99 Å². The van der Waals surface area contributed by atoms with Crippen molar-refractivity contribution in [2.75, 3.05) is 6.54 Å². The molecule has 0 aliphatic carbocycles. The van der Waals surface area contributed by atoms with Crippen LogP contribution in [0.4, 0.5) is 0 Å². The molecule has 0 aromatic carbocycles. The van der Waals surface area contributed by atoms with Gasteiger partial charge in [0.1, 0.15) is 6.54 Å². The van der Waals surface area contributed by atoms with Gasteiger partial charge in [-0.25, -0.2) is 4.99 Å². The summed E-state index contributed by atoms with van der Waals surface area (Å²) in [5, 5.41) is 10.3. The molecule has 3 nitrogen and oxygen atoms in total. The Balaban J connectivity index is 2.49. The molecular formula is C4H6N2O. The van der Waals surface area contributed by atoms with Crippen molar-refractivity contribution in [3.05, 3.63) is 17.5 Å². The van der Waals surface area contributed by atoms with Gasteiger partial charge in [0, 0.05) is 6.20 Å². The maximum atomic E-state index is 10.3. The lowest BCUT2D eigenvalue weighted by Crippen LogP contribution is -3.06. The lowest BCUT2D eigenvalue weighted by molar-refractivity contribution is -0.733. The Bertz CT molecular complexity index is 108. The van der Waals surface area contributed by atoms with E-state index in [1.54, 1.807) is 12.3 Å². The summed E-state index contributed by atoms with van der Waals surface area (Å²) < 4.78 is 0. The number of nitrogens with one attached hydrogen (secondary N) is 1. The van der Waals surface area contributed by atoms with E-state index in [0.29, 0.717) is 6.54 Å². The van der Waals surface area contributed by atoms with Crippen molar-refractivity contribution in [3.8, 4) is 0 Å². The van der Waals surface area contributed by atoms with Gasteiger partial charge in [-0.3, -0.25) is 0 Å². The predicted molar refractivity (Wildman–Crippen MR) is 26.8 cm³/mol. The minimum Gasteiger partial charge on any atom is -0.628 e. The van der Waals surface area contributed by atoms with Gasteiger partial charge in [0.15, 0.2) is 6.34 Å². The zero-order chi connectivity index (χ0) is 5.11. The SMILES string of the molecule is [O-][NH+]1C=NC=CC1. The molecule has 1 rings (SSSR count). The average molecular weight is 98.1 g/mol. The van der Waals surface area contributed by atoms with Crippen LogP contribution in [0.15, 0.2) is 17.3 Å². The molecule has 7 heavy (non-hydrogen) atoms. The zero-order valence-electron chi connectivity index (χ0n) is 3.79. The molecule has 0 spiro atoms. The highest BCUT2D eigenvalue weighted by Gasteiger charge is 1.88. The number of rotatable bonds is 0. The van der Waals surface area contributed by atoms with E-state index in [-0.39, 0.29) is 5.06 Å². The summed E-state index contributed by atoms with van der Waals surface area (Å²) in [7, 11) is 0. The second kappa shape index (κ2) is 1.86. The third-order valence-corrected chi connectivity index (χ3v) is 0.729. The molecular weight excluding hydrogens is 92.1 g/mol. The molecule has 1 atom stereocenters. The highest BCUT2D eigenvalue weighted by atomic mass is 16.5. The number of nitrogens with zero attached hydrogens (tertiary/aromatic N) is 1. The molecule has 0 aromatic rings. The fourth-order valence-electron chi connectivity index (χ4n) is 0.409. The molecule has 0 saturated carbocycles. The quantitative estimate of drug-likeness (QED) is 0.385. The van der Waals surface area contributed by atoms with E-state index < -0.39 is 0 Å². The summed E-state index contributed by atoms with van der Waals surface area (Å²) in [6, 6.07) is 0. The van der Waals surface area contributed by atoms with E-state index in [1.165, 1.54) is 6.34 Å². The van der Waals surface area contributed by atoms with Gasteiger partial charge in [-0.1, -0.05) is 0 Å². The van der Waals surface area contributed by atoms with Crippen LogP contribution in [0.5, 0.6) is 0 Å². The van der Waals surface area contributed by atoms with Crippen LogP contribution in [0.1, 0.15) is 0 Å². The molecule has 0 radical (unpaired) electrons. The Hall–Kier alpha value is -0.670. The average Bonchev–Trinajstić information content (AvgIpc) is 1.69. The van der Waals surface area contributed by atoms with E-state index in [1.807, 2.05) is 0 Å². The number of hydrogen-bond acceptors (Lipinski definition) is 2. The van der Waals surface area contributed by atoms with Crippen molar-refractivity contribution >= 4 is 6.34 Å². The summed E-state index contributed by atoms with van der Waals surface area (Å²) in [6.07, 6.45) is 4.70. The fraction of sp³-hybridized carbons (Fsp3) is 0.250. The van der Waals surface area contributed by atoms with Crippen molar-refractivity contribution in [1.82, 2.24) is 0 Å². The van der Waals surface area contributed by atoms with Crippen LogP contribution in [0, 0.1) is 5.21 Å². The first-order valence-electron chi connectivity index (χ1n) is 2.10. The molecule has 3 heteroatoms. The number of quaternary nitrogens is 1. The topological polar surface area (TPSA) is 39.9 Å². The monoisotopic (exact) mass is 98.0 g/mol. The van der Waals surface area contributed by atoms with Gasteiger partial charge >= 0.3 is 0 Å². The molecule has 1 unspecified atom stereocenters. The summed E-state index contributed by atoms with van der Waals surface area (Å²) >= 11 is 0.